The molecular formula is C24H25FN4O4S. The standard InChI is InChI=1S/C24H25FN4O4S/c1-15(30)28-13-18(14-28)34(31,32)29-9-6-16(7-10-29)22-12-21-19(5-8-26-24(21)27-22)20-11-17(25)3-4-23(20)33-2/h3-6,8,11-12,18H,7,9-10,13-14H2,1-2H3,(H,26,27). The number of fused-ring (bicyclic) bond motifs is 1. The molecule has 1 fully saturated rings. The average molecular weight is 485 g/mol. The van der Waals surface area contributed by atoms with Crippen LogP contribution in [-0.2, 0) is 14.8 Å². The first-order valence-corrected chi connectivity index (χ1v) is 12.5. The Hall–Kier alpha value is -3.24. The summed E-state index contributed by atoms with van der Waals surface area (Å²) in [6, 6.07) is 8.19. The van der Waals surface area contributed by atoms with Gasteiger partial charge in [-0.2, -0.15) is 4.31 Å². The van der Waals surface area contributed by atoms with Gasteiger partial charge in [0.2, 0.25) is 15.9 Å². The Labute approximate surface area is 197 Å². The van der Waals surface area contributed by atoms with Crippen molar-refractivity contribution in [2.24, 2.45) is 0 Å². The van der Waals surface area contributed by atoms with Crippen molar-refractivity contribution >= 4 is 32.5 Å². The molecule has 2 aliphatic heterocycles. The Morgan fingerprint density at radius 2 is 2.00 bits per heavy atom. The first kappa shape index (κ1) is 22.5. The summed E-state index contributed by atoms with van der Waals surface area (Å²) in [6.07, 6.45) is 4.12. The zero-order chi connectivity index (χ0) is 24.0. The number of methoxy groups -OCH3 is 1. The molecule has 2 aliphatic rings. The number of pyridine rings is 1. The van der Waals surface area contributed by atoms with E-state index in [9.17, 15) is 17.6 Å². The van der Waals surface area contributed by atoms with Crippen LogP contribution in [0.1, 0.15) is 19.0 Å². The number of aromatic amines is 1. The van der Waals surface area contributed by atoms with Crippen LogP contribution in [0.2, 0.25) is 0 Å². The predicted molar refractivity (Wildman–Crippen MR) is 127 cm³/mol. The van der Waals surface area contributed by atoms with E-state index >= 15 is 0 Å². The van der Waals surface area contributed by atoms with Crippen LogP contribution in [0.25, 0.3) is 27.7 Å². The van der Waals surface area contributed by atoms with Crippen LogP contribution in [0.5, 0.6) is 5.75 Å². The summed E-state index contributed by atoms with van der Waals surface area (Å²) in [5, 5.41) is 0.295. The van der Waals surface area contributed by atoms with Gasteiger partial charge in [0.15, 0.2) is 0 Å². The molecule has 0 radical (unpaired) electrons. The topological polar surface area (TPSA) is 95.6 Å². The molecule has 1 saturated heterocycles. The van der Waals surface area contributed by atoms with Crippen molar-refractivity contribution in [1.29, 1.82) is 0 Å². The molecule has 0 atom stereocenters. The van der Waals surface area contributed by atoms with E-state index in [1.54, 1.807) is 19.4 Å². The van der Waals surface area contributed by atoms with Gasteiger partial charge in [-0.25, -0.2) is 17.8 Å². The number of ether oxygens (including phenoxy) is 1. The minimum atomic E-state index is -3.45. The normalized spacial score (nSPS) is 17.5. The number of carbonyl (C=O) groups excluding carboxylic acids is 1. The number of likely N-dealkylation sites (tertiary alicyclic amines) is 1. The van der Waals surface area contributed by atoms with E-state index in [2.05, 4.69) is 9.97 Å². The summed E-state index contributed by atoms with van der Waals surface area (Å²) in [6.45, 7) is 2.61. The highest BCUT2D eigenvalue weighted by Gasteiger charge is 2.42. The molecule has 2 aromatic heterocycles. The van der Waals surface area contributed by atoms with Crippen LogP contribution in [0.4, 0.5) is 4.39 Å². The second-order valence-electron chi connectivity index (χ2n) is 8.58. The Kier molecular flexibility index (Phi) is 5.65. The van der Waals surface area contributed by atoms with Crippen LogP contribution in [0.15, 0.2) is 42.6 Å². The molecule has 1 aromatic carbocycles. The second-order valence-corrected chi connectivity index (χ2v) is 10.8. The Morgan fingerprint density at radius 3 is 2.68 bits per heavy atom. The molecule has 0 bridgehead atoms. The van der Waals surface area contributed by atoms with Gasteiger partial charge in [-0.05, 0) is 47.9 Å². The van der Waals surface area contributed by atoms with Crippen molar-refractivity contribution in [1.82, 2.24) is 19.2 Å². The van der Waals surface area contributed by atoms with E-state index in [1.165, 1.54) is 28.3 Å². The van der Waals surface area contributed by atoms with Gasteiger partial charge < -0.3 is 14.6 Å². The molecule has 34 heavy (non-hydrogen) atoms. The quantitative estimate of drug-likeness (QED) is 0.601. The summed E-state index contributed by atoms with van der Waals surface area (Å²) in [5.74, 6) is 0.106. The fraction of sp³-hybridized carbons (Fsp3) is 0.333. The third-order valence-electron chi connectivity index (χ3n) is 6.58. The molecule has 8 nitrogen and oxygen atoms in total. The maximum atomic E-state index is 14.0. The van der Waals surface area contributed by atoms with Crippen molar-refractivity contribution in [3.8, 4) is 16.9 Å². The molecule has 4 heterocycles. The van der Waals surface area contributed by atoms with E-state index in [1.807, 2.05) is 18.2 Å². The molecule has 1 amide bonds. The Morgan fingerprint density at radius 1 is 1.21 bits per heavy atom. The second kappa shape index (κ2) is 8.52. The summed E-state index contributed by atoms with van der Waals surface area (Å²) < 4.78 is 46.7. The minimum absolute atomic E-state index is 0.102. The lowest BCUT2D eigenvalue weighted by Gasteiger charge is -2.40. The van der Waals surface area contributed by atoms with Crippen molar-refractivity contribution in [3.63, 3.8) is 0 Å². The van der Waals surface area contributed by atoms with Gasteiger partial charge in [-0.15, -0.1) is 0 Å². The molecule has 178 valence electrons. The molecular weight excluding hydrogens is 459 g/mol. The molecule has 3 aromatic rings. The van der Waals surface area contributed by atoms with Crippen molar-refractivity contribution < 1.29 is 22.3 Å². The maximum Gasteiger partial charge on any atom is 0.220 e. The highest BCUT2D eigenvalue weighted by molar-refractivity contribution is 7.89. The summed E-state index contributed by atoms with van der Waals surface area (Å²) in [4.78, 5) is 20.7. The number of amides is 1. The third-order valence-corrected chi connectivity index (χ3v) is 8.77. The highest BCUT2D eigenvalue weighted by atomic mass is 32.2. The van der Waals surface area contributed by atoms with Gasteiger partial charge in [-0.3, -0.25) is 4.79 Å². The lowest BCUT2D eigenvalue weighted by Crippen LogP contribution is -2.59. The fourth-order valence-electron chi connectivity index (χ4n) is 4.55. The number of nitrogens with one attached hydrogen (secondary N) is 1. The van der Waals surface area contributed by atoms with Gasteiger partial charge in [0.1, 0.15) is 22.5 Å². The number of aromatic nitrogens is 2. The van der Waals surface area contributed by atoms with Gasteiger partial charge in [0.25, 0.3) is 0 Å². The summed E-state index contributed by atoms with van der Waals surface area (Å²) in [5.41, 5.74) is 3.95. The number of sulfonamides is 1. The van der Waals surface area contributed by atoms with Crippen LogP contribution in [0.3, 0.4) is 0 Å². The Balaban J connectivity index is 1.40. The smallest absolute Gasteiger partial charge is 0.220 e. The van der Waals surface area contributed by atoms with Crippen molar-refractivity contribution in [2.75, 3.05) is 33.3 Å². The van der Waals surface area contributed by atoms with Crippen LogP contribution < -0.4 is 4.74 Å². The van der Waals surface area contributed by atoms with Crippen LogP contribution in [-0.4, -0.2) is 72.0 Å². The van der Waals surface area contributed by atoms with Crippen LogP contribution in [0, 0.1) is 5.82 Å². The lowest BCUT2D eigenvalue weighted by atomic mass is 10.0. The minimum Gasteiger partial charge on any atom is -0.496 e. The molecule has 0 unspecified atom stereocenters. The number of H-pyrrole nitrogens is 1. The number of rotatable bonds is 5. The largest absolute Gasteiger partial charge is 0.496 e. The van der Waals surface area contributed by atoms with E-state index in [0.29, 0.717) is 29.9 Å². The average Bonchev–Trinajstić information content (AvgIpc) is 3.22. The summed E-state index contributed by atoms with van der Waals surface area (Å²) >= 11 is 0. The van der Waals surface area contributed by atoms with Gasteiger partial charge in [-0.1, -0.05) is 6.08 Å². The predicted octanol–water partition coefficient (Wildman–Crippen LogP) is 3.03. The number of halogens is 1. The van der Waals surface area contributed by atoms with Crippen molar-refractivity contribution in [3.05, 3.63) is 54.1 Å². The molecule has 0 aliphatic carbocycles. The Bertz CT molecular complexity index is 1410. The monoisotopic (exact) mass is 484 g/mol. The molecule has 0 spiro atoms. The zero-order valence-corrected chi connectivity index (χ0v) is 19.7. The van der Waals surface area contributed by atoms with Gasteiger partial charge in [0, 0.05) is 55.9 Å². The number of nitrogens with zero attached hydrogens (tertiary/aromatic N) is 3. The number of benzene rings is 1. The third kappa shape index (κ3) is 3.86. The SMILES string of the molecule is COc1ccc(F)cc1-c1ccnc2[nH]c(C3=CCN(S(=O)(=O)C4CN(C(C)=O)C4)CC3)cc12. The number of hydrogen-bond acceptors (Lipinski definition) is 5. The van der Waals surface area contributed by atoms with Crippen molar-refractivity contribution in [2.45, 2.75) is 18.6 Å². The molecule has 1 N–H and O–H groups in total. The van der Waals surface area contributed by atoms with E-state index in [4.69, 9.17) is 4.74 Å². The molecule has 5 rings (SSSR count). The first-order valence-electron chi connectivity index (χ1n) is 11.0. The van der Waals surface area contributed by atoms with E-state index in [-0.39, 0.29) is 31.4 Å². The van der Waals surface area contributed by atoms with Gasteiger partial charge >= 0.3 is 0 Å². The maximum absolute atomic E-state index is 14.0. The summed E-state index contributed by atoms with van der Waals surface area (Å²) in [7, 11) is -1.91. The molecule has 0 saturated carbocycles. The number of carbonyl (C=O) groups is 1. The number of hydrogen-bond donors (Lipinski definition) is 1. The molecule has 10 heteroatoms. The zero-order valence-electron chi connectivity index (χ0n) is 18.9. The lowest BCUT2D eigenvalue weighted by molar-refractivity contribution is -0.131. The van der Waals surface area contributed by atoms with Gasteiger partial charge in [0.05, 0.1) is 7.11 Å². The van der Waals surface area contributed by atoms with E-state index in [0.717, 1.165) is 22.2 Å². The first-order chi connectivity index (χ1) is 16.3. The van der Waals surface area contributed by atoms with Crippen LogP contribution >= 0.6 is 0 Å². The fourth-order valence-corrected chi connectivity index (χ4v) is 6.33. The highest BCUT2D eigenvalue weighted by Crippen LogP contribution is 2.37. The van der Waals surface area contributed by atoms with E-state index < -0.39 is 15.3 Å².